The maximum absolute atomic E-state index is 11.9. The topological polar surface area (TPSA) is 67.2 Å². The van der Waals surface area contributed by atoms with Crippen LogP contribution < -0.4 is 10.9 Å². The summed E-state index contributed by atoms with van der Waals surface area (Å²) in [5.74, 6) is 0.455. The van der Waals surface area contributed by atoms with Gasteiger partial charge in [0.05, 0.1) is 0 Å². The van der Waals surface area contributed by atoms with Gasteiger partial charge in [0, 0.05) is 45.5 Å². The molecule has 0 bridgehead atoms. The number of rotatable bonds is 4. The van der Waals surface area contributed by atoms with Crippen molar-refractivity contribution in [3.8, 4) is 0 Å². The summed E-state index contributed by atoms with van der Waals surface area (Å²) in [4.78, 5) is 29.5. The number of nitrogens with one attached hydrogen (secondary N) is 1. The Morgan fingerprint density at radius 1 is 1.37 bits per heavy atom. The molecule has 0 radical (unpaired) electrons. The lowest BCUT2D eigenvalue weighted by Gasteiger charge is -2.26. The minimum absolute atomic E-state index is 0.153. The predicted octanol–water partition coefficient (Wildman–Crippen LogP) is 0.595. The Hall–Kier alpha value is -1.85. The van der Waals surface area contributed by atoms with Crippen LogP contribution >= 0.6 is 0 Å². The molecule has 1 amide bonds. The van der Waals surface area contributed by atoms with Crippen LogP contribution in [0.3, 0.4) is 0 Å². The molecule has 0 saturated carbocycles. The normalized spacial score (nSPS) is 15.3. The average molecular weight is 264 g/mol. The van der Waals surface area contributed by atoms with Gasteiger partial charge in [0.25, 0.3) is 5.56 Å². The van der Waals surface area contributed by atoms with Gasteiger partial charge in [-0.2, -0.15) is 0 Å². The first kappa shape index (κ1) is 13.6. The Labute approximate surface area is 112 Å². The van der Waals surface area contributed by atoms with Gasteiger partial charge in [-0.15, -0.1) is 0 Å². The Morgan fingerprint density at radius 2 is 2.11 bits per heavy atom. The molecule has 104 valence electrons. The monoisotopic (exact) mass is 264 g/mol. The molecule has 0 aliphatic carbocycles. The lowest BCUT2D eigenvalue weighted by Crippen LogP contribution is -2.36. The van der Waals surface area contributed by atoms with E-state index in [4.69, 9.17) is 0 Å². The maximum atomic E-state index is 11.9. The van der Waals surface area contributed by atoms with Crippen LogP contribution in [0.4, 0.5) is 5.82 Å². The van der Waals surface area contributed by atoms with Crippen molar-refractivity contribution in [1.82, 2.24) is 14.5 Å². The number of hydrogen-bond donors (Lipinski definition) is 1. The second-order valence-electron chi connectivity index (χ2n) is 4.81. The Morgan fingerprint density at radius 3 is 2.84 bits per heavy atom. The van der Waals surface area contributed by atoms with Crippen LogP contribution in [0.25, 0.3) is 0 Å². The number of aromatic nitrogens is 2. The molecule has 19 heavy (non-hydrogen) atoms. The van der Waals surface area contributed by atoms with Gasteiger partial charge in [0.15, 0.2) is 5.82 Å². The number of piperidine rings is 1. The fourth-order valence-electron chi connectivity index (χ4n) is 2.21. The number of anilines is 1. The molecular formula is C13H20N4O2. The highest BCUT2D eigenvalue weighted by Gasteiger charge is 2.15. The molecule has 1 aromatic rings. The summed E-state index contributed by atoms with van der Waals surface area (Å²) in [6.07, 6.45) is 6.98. The third-order valence-corrected chi connectivity index (χ3v) is 3.36. The van der Waals surface area contributed by atoms with Gasteiger partial charge in [-0.1, -0.05) is 0 Å². The molecule has 1 aliphatic heterocycles. The second-order valence-corrected chi connectivity index (χ2v) is 4.81. The van der Waals surface area contributed by atoms with Crippen LogP contribution in [0.15, 0.2) is 17.2 Å². The predicted molar refractivity (Wildman–Crippen MR) is 73.0 cm³/mol. The zero-order valence-electron chi connectivity index (χ0n) is 11.3. The molecule has 0 unspecified atom stereocenters. The zero-order valence-corrected chi connectivity index (χ0v) is 11.3. The van der Waals surface area contributed by atoms with Crippen molar-refractivity contribution in [2.24, 2.45) is 7.05 Å². The van der Waals surface area contributed by atoms with Crippen molar-refractivity contribution in [2.45, 2.75) is 25.7 Å². The van der Waals surface area contributed by atoms with E-state index >= 15 is 0 Å². The summed E-state index contributed by atoms with van der Waals surface area (Å²) in [6.45, 7) is 2.18. The maximum Gasteiger partial charge on any atom is 0.293 e. The molecule has 1 fully saturated rings. The first-order chi connectivity index (χ1) is 9.18. The molecule has 6 nitrogen and oxygen atoms in total. The van der Waals surface area contributed by atoms with E-state index in [9.17, 15) is 9.59 Å². The van der Waals surface area contributed by atoms with Gasteiger partial charge in [0.2, 0.25) is 5.91 Å². The largest absolute Gasteiger partial charge is 0.365 e. The summed E-state index contributed by atoms with van der Waals surface area (Å²) in [5, 5.41) is 2.93. The summed E-state index contributed by atoms with van der Waals surface area (Å²) < 4.78 is 1.46. The molecule has 1 aliphatic rings. The van der Waals surface area contributed by atoms with Gasteiger partial charge in [-0.25, -0.2) is 4.98 Å². The fourth-order valence-corrected chi connectivity index (χ4v) is 2.21. The standard InChI is InChI=1S/C13H20N4O2/c1-16-10-7-15-12(13(16)19)14-6-5-11(18)17-8-3-2-4-9-17/h7,10H,2-6,8-9H2,1H3,(H,14,15). The molecule has 0 spiro atoms. The molecular weight excluding hydrogens is 244 g/mol. The van der Waals surface area contributed by atoms with Crippen molar-refractivity contribution in [1.29, 1.82) is 0 Å². The quantitative estimate of drug-likeness (QED) is 0.864. The number of amides is 1. The van der Waals surface area contributed by atoms with E-state index in [1.54, 1.807) is 19.4 Å². The zero-order chi connectivity index (χ0) is 13.7. The van der Waals surface area contributed by atoms with Crippen LogP contribution in [-0.4, -0.2) is 40.0 Å². The fraction of sp³-hybridized carbons (Fsp3) is 0.615. The number of carbonyl (C=O) groups excluding carboxylic acids is 1. The van der Waals surface area contributed by atoms with Gasteiger partial charge < -0.3 is 14.8 Å². The number of nitrogens with zero attached hydrogens (tertiary/aromatic N) is 3. The smallest absolute Gasteiger partial charge is 0.293 e. The molecule has 1 aromatic heterocycles. The third-order valence-electron chi connectivity index (χ3n) is 3.36. The van der Waals surface area contributed by atoms with E-state index in [0.717, 1.165) is 25.9 Å². The van der Waals surface area contributed by atoms with Crippen molar-refractivity contribution >= 4 is 11.7 Å². The van der Waals surface area contributed by atoms with Crippen LogP contribution in [0.5, 0.6) is 0 Å². The van der Waals surface area contributed by atoms with Gasteiger partial charge >= 0.3 is 0 Å². The first-order valence-electron chi connectivity index (χ1n) is 6.72. The van der Waals surface area contributed by atoms with Gasteiger partial charge in [0.1, 0.15) is 0 Å². The third kappa shape index (κ3) is 3.56. The van der Waals surface area contributed by atoms with E-state index in [-0.39, 0.29) is 11.5 Å². The van der Waals surface area contributed by atoms with E-state index in [1.807, 2.05) is 4.90 Å². The average Bonchev–Trinajstić information content (AvgIpc) is 2.44. The highest BCUT2D eigenvalue weighted by atomic mass is 16.2. The molecule has 1 N–H and O–H groups in total. The van der Waals surface area contributed by atoms with Gasteiger partial charge in [-0.05, 0) is 19.3 Å². The van der Waals surface area contributed by atoms with Crippen LogP contribution in [0.2, 0.25) is 0 Å². The SMILES string of the molecule is Cn1ccnc(NCCC(=O)N2CCCCC2)c1=O. The Kier molecular flexibility index (Phi) is 4.54. The Balaban J connectivity index is 1.81. The van der Waals surface area contributed by atoms with Crippen molar-refractivity contribution in [3.63, 3.8) is 0 Å². The van der Waals surface area contributed by atoms with E-state index in [1.165, 1.54) is 11.0 Å². The number of carbonyl (C=O) groups is 1. The van der Waals surface area contributed by atoms with Crippen LogP contribution in [-0.2, 0) is 11.8 Å². The van der Waals surface area contributed by atoms with E-state index in [0.29, 0.717) is 18.8 Å². The number of aryl methyl sites for hydroxylation is 1. The molecule has 2 rings (SSSR count). The molecule has 0 aromatic carbocycles. The highest BCUT2D eigenvalue weighted by molar-refractivity contribution is 5.76. The Bertz CT molecular complexity index is 492. The highest BCUT2D eigenvalue weighted by Crippen LogP contribution is 2.09. The summed E-state index contributed by atoms with van der Waals surface area (Å²) in [5.41, 5.74) is -0.173. The molecule has 0 atom stereocenters. The summed E-state index contributed by atoms with van der Waals surface area (Å²) in [6, 6.07) is 0. The molecule has 1 saturated heterocycles. The van der Waals surface area contributed by atoms with E-state index < -0.39 is 0 Å². The second kappa shape index (κ2) is 6.36. The number of hydrogen-bond acceptors (Lipinski definition) is 4. The van der Waals surface area contributed by atoms with Crippen LogP contribution in [0, 0.1) is 0 Å². The molecule has 2 heterocycles. The van der Waals surface area contributed by atoms with Crippen molar-refractivity contribution in [3.05, 3.63) is 22.7 Å². The minimum atomic E-state index is -0.173. The minimum Gasteiger partial charge on any atom is -0.365 e. The summed E-state index contributed by atoms with van der Waals surface area (Å²) >= 11 is 0. The van der Waals surface area contributed by atoms with Crippen molar-refractivity contribution in [2.75, 3.05) is 25.0 Å². The lowest BCUT2D eigenvalue weighted by molar-refractivity contribution is -0.131. The number of likely N-dealkylation sites (tertiary alicyclic amines) is 1. The first-order valence-corrected chi connectivity index (χ1v) is 6.72. The molecule has 6 heteroatoms. The lowest BCUT2D eigenvalue weighted by atomic mass is 10.1. The van der Waals surface area contributed by atoms with Crippen molar-refractivity contribution < 1.29 is 4.79 Å². The van der Waals surface area contributed by atoms with Gasteiger partial charge in [-0.3, -0.25) is 9.59 Å². The van der Waals surface area contributed by atoms with E-state index in [2.05, 4.69) is 10.3 Å². The van der Waals surface area contributed by atoms with Crippen LogP contribution in [0.1, 0.15) is 25.7 Å². The summed E-state index contributed by atoms with van der Waals surface area (Å²) in [7, 11) is 1.67.